The van der Waals surface area contributed by atoms with E-state index in [0.717, 1.165) is 56.5 Å². The SMILES string of the molecule is Cc1cc(Nc2nc(N3CCC[C@@]3(C)C(=O)CC3CCCNC3)nn3cccc23)n[nH]1. The highest BCUT2D eigenvalue weighted by molar-refractivity contribution is 5.92. The van der Waals surface area contributed by atoms with Gasteiger partial charge >= 0.3 is 0 Å². The Morgan fingerprint density at radius 3 is 3.06 bits per heavy atom. The Morgan fingerprint density at radius 1 is 1.39 bits per heavy atom. The van der Waals surface area contributed by atoms with Crippen molar-refractivity contribution in [1.82, 2.24) is 30.1 Å². The molecule has 3 N–H and O–H groups in total. The van der Waals surface area contributed by atoms with E-state index in [0.29, 0.717) is 35.7 Å². The number of aromatic nitrogens is 5. The molecule has 0 aromatic carbocycles. The highest BCUT2D eigenvalue weighted by atomic mass is 16.1. The van der Waals surface area contributed by atoms with Gasteiger partial charge in [-0.15, -0.1) is 5.10 Å². The second kappa shape index (κ2) is 7.96. The maximum absolute atomic E-state index is 13.4. The summed E-state index contributed by atoms with van der Waals surface area (Å²) >= 11 is 0. The largest absolute Gasteiger partial charge is 0.327 e. The standard InChI is InChI=1S/C22H30N8O/c1-15-12-19(27-26-15)24-20-17-7-4-11-30(17)28-21(25-20)29-10-5-8-22(29,2)18(31)13-16-6-3-9-23-14-16/h4,7,11-12,16,23H,3,5-6,8-10,13-14H2,1-2H3,(H2,24,25,26,27,28)/t16?,22-/m0/s1. The number of fused-ring (bicyclic) bond motifs is 1. The summed E-state index contributed by atoms with van der Waals surface area (Å²) in [6.07, 6.45) is 6.58. The van der Waals surface area contributed by atoms with E-state index in [1.54, 1.807) is 0 Å². The number of H-pyrrole nitrogens is 1. The number of aryl methyl sites for hydroxylation is 1. The molecule has 5 rings (SSSR count). The first kappa shape index (κ1) is 20.0. The molecular weight excluding hydrogens is 392 g/mol. The average Bonchev–Trinajstić information content (AvgIpc) is 3.49. The number of anilines is 3. The molecule has 0 aliphatic carbocycles. The van der Waals surface area contributed by atoms with Gasteiger partial charge in [0.2, 0.25) is 5.95 Å². The topological polar surface area (TPSA) is 103 Å². The van der Waals surface area contributed by atoms with Crippen LogP contribution in [-0.2, 0) is 4.79 Å². The quantitative estimate of drug-likeness (QED) is 0.561. The van der Waals surface area contributed by atoms with Crippen LogP contribution in [0.5, 0.6) is 0 Å². The van der Waals surface area contributed by atoms with Crippen LogP contribution in [0.3, 0.4) is 0 Å². The second-order valence-electron chi connectivity index (χ2n) is 9.03. The van der Waals surface area contributed by atoms with E-state index >= 15 is 0 Å². The van der Waals surface area contributed by atoms with Gasteiger partial charge in [-0.2, -0.15) is 10.1 Å². The number of piperidine rings is 1. The lowest BCUT2D eigenvalue weighted by molar-refractivity contribution is -0.124. The number of nitrogens with zero attached hydrogens (tertiary/aromatic N) is 5. The van der Waals surface area contributed by atoms with E-state index in [9.17, 15) is 4.79 Å². The Morgan fingerprint density at radius 2 is 2.29 bits per heavy atom. The molecule has 2 atom stereocenters. The monoisotopic (exact) mass is 422 g/mol. The van der Waals surface area contributed by atoms with Crippen molar-refractivity contribution in [3.05, 3.63) is 30.1 Å². The molecule has 0 amide bonds. The van der Waals surface area contributed by atoms with Crippen LogP contribution in [-0.4, -0.2) is 55.8 Å². The minimum Gasteiger partial charge on any atom is -0.327 e. The minimum absolute atomic E-state index is 0.298. The van der Waals surface area contributed by atoms with Gasteiger partial charge in [-0.3, -0.25) is 9.89 Å². The lowest BCUT2D eigenvalue weighted by atomic mass is 9.84. The van der Waals surface area contributed by atoms with Crippen molar-refractivity contribution >= 4 is 28.9 Å². The molecule has 9 heteroatoms. The summed E-state index contributed by atoms with van der Waals surface area (Å²) < 4.78 is 1.82. The molecule has 2 aliphatic heterocycles. The number of ketones is 1. The van der Waals surface area contributed by atoms with Gasteiger partial charge in [0.05, 0.1) is 5.54 Å². The van der Waals surface area contributed by atoms with Crippen molar-refractivity contribution < 1.29 is 4.79 Å². The summed E-state index contributed by atoms with van der Waals surface area (Å²) in [4.78, 5) is 20.4. The van der Waals surface area contributed by atoms with Crippen LogP contribution in [0, 0.1) is 12.8 Å². The van der Waals surface area contributed by atoms with Gasteiger partial charge in [0, 0.05) is 30.9 Å². The average molecular weight is 423 g/mol. The minimum atomic E-state index is -0.571. The second-order valence-corrected chi connectivity index (χ2v) is 9.03. The molecule has 0 spiro atoms. The van der Waals surface area contributed by atoms with Crippen LogP contribution in [0.2, 0.25) is 0 Å². The Bertz CT molecular complexity index is 1080. The Kier molecular flexibility index (Phi) is 5.13. The van der Waals surface area contributed by atoms with Crippen LogP contribution in [0.25, 0.3) is 5.52 Å². The van der Waals surface area contributed by atoms with E-state index in [4.69, 9.17) is 10.1 Å². The molecule has 2 saturated heterocycles. The van der Waals surface area contributed by atoms with Crippen molar-refractivity contribution in [2.45, 2.75) is 51.5 Å². The molecule has 3 aromatic heterocycles. The number of rotatable bonds is 6. The fraction of sp³-hybridized carbons (Fsp3) is 0.545. The third-order valence-electron chi connectivity index (χ3n) is 6.69. The zero-order valence-electron chi connectivity index (χ0n) is 18.2. The van der Waals surface area contributed by atoms with E-state index in [1.807, 2.05) is 35.8 Å². The number of carbonyl (C=O) groups excluding carboxylic acids is 1. The van der Waals surface area contributed by atoms with Gasteiger partial charge in [0.25, 0.3) is 0 Å². The van der Waals surface area contributed by atoms with Gasteiger partial charge in [0.15, 0.2) is 17.4 Å². The molecule has 2 aliphatic rings. The third-order valence-corrected chi connectivity index (χ3v) is 6.69. The maximum atomic E-state index is 13.4. The molecule has 0 saturated carbocycles. The van der Waals surface area contributed by atoms with Gasteiger partial charge in [0.1, 0.15) is 5.52 Å². The molecular formula is C22H30N8O. The van der Waals surface area contributed by atoms with Gasteiger partial charge in [-0.25, -0.2) is 4.52 Å². The fourth-order valence-corrected chi connectivity index (χ4v) is 4.89. The first-order chi connectivity index (χ1) is 15.0. The number of Topliss-reactive ketones (excluding diaryl/α,β-unsaturated/α-hetero) is 1. The van der Waals surface area contributed by atoms with Crippen LogP contribution < -0.4 is 15.5 Å². The van der Waals surface area contributed by atoms with Crippen LogP contribution in [0.15, 0.2) is 24.4 Å². The molecule has 5 heterocycles. The first-order valence-electron chi connectivity index (χ1n) is 11.2. The first-order valence-corrected chi connectivity index (χ1v) is 11.2. The van der Waals surface area contributed by atoms with E-state index in [-0.39, 0.29) is 0 Å². The molecule has 0 bridgehead atoms. The summed E-state index contributed by atoms with van der Waals surface area (Å²) in [7, 11) is 0. The Hall–Kier alpha value is -2.94. The van der Waals surface area contributed by atoms with Gasteiger partial charge < -0.3 is 15.5 Å². The molecule has 2 fully saturated rings. The van der Waals surface area contributed by atoms with Crippen molar-refractivity contribution in [2.24, 2.45) is 5.92 Å². The summed E-state index contributed by atoms with van der Waals surface area (Å²) in [5.74, 6) is 2.68. The number of aromatic amines is 1. The van der Waals surface area contributed by atoms with E-state index in [1.165, 1.54) is 0 Å². The summed E-state index contributed by atoms with van der Waals surface area (Å²) in [5.41, 5.74) is 1.27. The molecule has 164 valence electrons. The van der Waals surface area contributed by atoms with Gasteiger partial charge in [-0.05, 0) is 70.7 Å². The predicted molar refractivity (Wildman–Crippen MR) is 120 cm³/mol. The number of hydrogen-bond acceptors (Lipinski definition) is 7. The number of nitrogens with one attached hydrogen (secondary N) is 3. The molecule has 31 heavy (non-hydrogen) atoms. The highest BCUT2D eigenvalue weighted by Gasteiger charge is 2.45. The molecule has 9 nitrogen and oxygen atoms in total. The zero-order chi connectivity index (χ0) is 21.4. The van der Waals surface area contributed by atoms with Gasteiger partial charge in [-0.1, -0.05) is 0 Å². The van der Waals surface area contributed by atoms with Crippen LogP contribution in [0.4, 0.5) is 17.6 Å². The summed E-state index contributed by atoms with van der Waals surface area (Å²) in [6, 6.07) is 5.85. The van der Waals surface area contributed by atoms with Crippen LogP contribution in [0.1, 0.15) is 44.7 Å². The normalized spacial score (nSPS) is 24.1. The molecule has 1 unspecified atom stereocenters. The third kappa shape index (κ3) is 3.78. The fourth-order valence-electron chi connectivity index (χ4n) is 4.89. The summed E-state index contributed by atoms with van der Waals surface area (Å²) in [6.45, 7) is 6.79. The van der Waals surface area contributed by atoms with Crippen molar-refractivity contribution in [3.8, 4) is 0 Å². The molecule has 3 aromatic rings. The number of carbonyl (C=O) groups is 1. The summed E-state index contributed by atoms with van der Waals surface area (Å²) in [5, 5.41) is 18.7. The zero-order valence-corrected chi connectivity index (χ0v) is 18.2. The highest BCUT2D eigenvalue weighted by Crippen LogP contribution is 2.36. The maximum Gasteiger partial charge on any atom is 0.246 e. The molecule has 0 radical (unpaired) electrons. The lowest BCUT2D eigenvalue weighted by Gasteiger charge is -2.35. The Balaban J connectivity index is 1.45. The van der Waals surface area contributed by atoms with Crippen LogP contribution >= 0.6 is 0 Å². The number of hydrogen-bond donors (Lipinski definition) is 3. The van der Waals surface area contributed by atoms with E-state index in [2.05, 4.69) is 32.7 Å². The van der Waals surface area contributed by atoms with Crippen molar-refractivity contribution in [1.29, 1.82) is 0 Å². The Labute approximate surface area is 181 Å². The smallest absolute Gasteiger partial charge is 0.246 e. The lowest BCUT2D eigenvalue weighted by Crippen LogP contribution is -2.50. The predicted octanol–water partition coefficient (Wildman–Crippen LogP) is 2.82. The van der Waals surface area contributed by atoms with Crippen molar-refractivity contribution in [3.63, 3.8) is 0 Å². The van der Waals surface area contributed by atoms with E-state index < -0.39 is 5.54 Å². The van der Waals surface area contributed by atoms with Crippen molar-refractivity contribution in [2.75, 3.05) is 29.9 Å².